The Bertz CT molecular complexity index is 555. The molecule has 1 aliphatic carbocycles. The molecule has 0 aromatic carbocycles. The Morgan fingerprint density at radius 3 is 2.77 bits per heavy atom. The highest BCUT2D eigenvalue weighted by Gasteiger charge is 2.52. The number of fused-ring (bicyclic) bond motifs is 3. The number of rotatable bonds is 1. The topological polar surface area (TPSA) is 62.7 Å². The van der Waals surface area contributed by atoms with Crippen molar-refractivity contribution >= 4 is 6.09 Å². The van der Waals surface area contributed by atoms with Crippen molar-refractivity contribution in [1.29, 1.82) is 0 Å². The highest BCUT2D eigenvalue weighted by molar-refractivity contribution is 5.69. The molecule has 2 bridgehead atoms. The minimum atomic E-state index is -0.879. The quantitative estimate of drug-likeness (QED) is 0.866. The van der Waals surface area contributed by atoms with Crippen LogP contribution < -0.4 is 0 Å². The van der Waals surface area contributed by atoms with Gasteiger partial charge in [-0.15, -0.1) is 0 Å². The van der Waals surface area contributed by atoms with Crippen molar-refractivity contribution in [1.82, 2.24) is 9.88 Å². The summed E-state index contributed by atoms with van der Waals surface area (Å²) >= 11 is 0. The second-order valence-corrected chi connectivity index (χ2v) is 7.43. The van der Waals surface area contributed by atoms with Crippen molar-refractivity contribution in [3.05, 3.63) is 30.1 Å². The first-order chi connectivity index (χ1) is 10.3. The maximum absolute atomic E-state index is 12.4. The maximum atomic E-state index is 12.4. The third kappa shape index (κ3) is 2.70. The summed E-state index contributed by atoms with van der Waals surface area (Å²) in [6, 6.07) is 3.80. The van der Waals surface area contributed by atoms with Gasteiger partial charge in [0.05, 0.1) is 5.60 Å². The molecule has 3 fully saturated rings. The van der Waals surface area contributed by atoms with E-state index in [1.165, 1.54) is 0 Å². The van der Waals surface area contributed by atoms with Gasteiger partial charge in [0.15, 0.2) is 0 Å². The van der Waals surface area contributed by atoms with E-state index in [2.05, 4.69) is 4.98 Å². The van der Waals surface area contributed by atoms with Gasteiger partial charge in [-0.25, -0.2) is 4.79 Å². The van der Waals surface area contributed by atoms with Crippen LogP contribution in [0, 0.1) is 5.92 Å². The van der Waals surface area contributed by atoms with E-state index in [1.807, 2.05) is 32.9 Å². The predicted octanol–water partition coefficient (Wildman–Crippen LogP) is 2.69. The molecule has 4 rings (SSSR count). The van der Waals surface area contributed by atoms with Gasteiger partial charge in [0.2, 0.25) is 0 Å². The summed E-state index contributed by atoms with van der Waals surface area (Å²) in [4.78, 5) is 18.3. The lowest BCUT2D eigenvalue weighted by molar-refractivity contribution is -0.130. The molecule has 120 valence electrons. The molecule has 22 heavy (non-hydrogen) atoms. The SMILES string of the molecule is CC(C)(C)OC(=O)N1CC2CCC1CC2(O)c1cccnc1. The van der Waals surface area contributed by atoms with Crippen LogP contribution in [-0.4, -0.2) is 39.3 Å². The molecule has 1 aromatic rings. The molecule has 0 radical (unpaired) electrons. The van der Waals surface area contributed by atoms with E-state index >= 15 is 0 Å². The highest BCUT2D eigenvalue weighted by Crippen LogP contribution is 2.47. The van der Waals surface area contributed by atoms with Crippen LogP contribution in [0.15, 0.2) is 24.5 Å². The van der Waals surface area contributed by atoms with Gasteiger partial charge in [-0.2, -0.15) is 0 Å². The van der Waals surface area contributed by atoms with Crippen LogP contribution in [0.2, 0.25) is 0 Å². The Kier molecular flexibility index (Phi) is 3.63. The Hall–Kier alpha value is -1.62. The summed E-state index contributed by atoms with van der Waals surface area (Å²) in [6.45, 7) is 6.17. The van der Waals surface area contributed by atoms with Crippen LogP contribution in [0.3, 0.4) is 0 Å². The molecule has 1 aromatic heterocycles. The summed E-state index contributed by atoms with van der Waals surface area (Å²) in [6.07, 6.45) is 5.58. The maximum Gasteiger partial charge on any atom is 0.410 e. The molecule has 1 amide bonds. The molecule has 2 aliphatic heterocycles. The average Bonchev–Trinajstić information content (AvgIpc) is 2.47. The van der Waals surface area contributed by atoms with Gasteiger partial charge in [0, 0.05) is 42.9 Å². The molecular weight excluding hydrogens is 280 g/mol. The highest BCUT2D eigenvalue weighted by atomic mass is 16.6. The summed E-state index contributed by atoms with van der Waals surface area (Å²) < 4.78 is 5.50. The van der Waals surface area contributed by atoms with E-state index in [1.54, 1.807) is 17.3 Å². The fraction of sp³-hybridized carbons (Fsp3) is 0.647. The summed E-state index contributed by atoms with van der Waals surface area (Å²) in [5, 5.41) is 11.1. The van der Waals surface area contributed by atoms with E-state index in [0.717, 1.165) is 18.4 Å². The number of pyridine rings is 1. The van der Waals surface area contributed by atoms with E-state index in [4.69, 9.17) is 4.74 Å². The van der Waals surface area contributed by atoms with Crippen molar-refractivity contribution in [2.24, 2.45) is 5.92 Å². The minimum absolute atomic E-state index is 0.0325. The number of hydrogen-bond acceptors (Lipinski definition) is 4. The second-order valence-electron chi connectivity index (χ2n) is 7.43. The Morgan fingerprint density at radius 1 is 1.45 bits per heavy atom. The first kappa shape index (κ1) is 15.3. The van der Waals surface area contributed by atoms with Crippen LogP contribution in [0.4, 0.5) is 4.79 Å². The van der Waals surface area contributed by atoms with Gasteiger partial charge in [-0.05, 0) is 39.7 Å². The predicted molar refractivity (Wildman–Crippen MR) is 82.2 cm³/mol. The molecule has 5 heteroatoms. The number of carbonyl (C=O) groups is 1. The fourth-order valence-electron chi connectivity index (χ4n) is 3.67. The molecular formula is C17H24N2O3. The number of hydrogen-bond donors (Lipinski definition) is 1. The van der Waals surface area contributed by atoms with Crippen LogP contribution in [-0.2, 0) is 10.3 Å². The summed E-state index contributed by atoms with van der Waals surface area (Å²) in [5.41, 5.74) is -0.517. The van der Waals surface area contributed by atoms with E-state index in [-0.39, 0.29) is 18.1 Å². The number of piperidine rings is 2. The smallest absolute Gasteiger partial charge is 0.410 e. The zero-order valence-corrected chi connectivity index (χ0v) is 13.5. The zero-order valence-electron chi connectivity index (χ0n) is 13.5. The minimum Gasteiger partial charge on any atom is -0.444 e. The molecule has 3 atom stereocenters. The van der Waals surface area contributed by atoms with E-state index in [0.29, 0.717) is 13.0 Å². The summed E-state index contributed by atoms with van der Waals surface area (Å²) in [7, 11) is 0. The molecule has 0 spiro atoms. The number of nitrogens with zero attached hydrogens (tertiary/aromatic N) is 2. The average molecular weight is 304 g/mol. The van der Waals surface area contributed by atoms with Gasteiger partial charge in [0.25, 0.3) is 0 Å². The van der Waals surface area contributed by atoms with Crippen molar-refractivity contribution in [2.75, 3.05) is 6.54 Å². The van der Waals surface area contributed by atoms with Crippen LogP contribution >= 0.6 is 0 Å². The van der Waals surface area contributed by atoms with Gasteiger partial charge >= 0.3 is 6.09 Å². The first-order valence-corrected chi connectivity index (χ1v) is 7.92. The standard InChI is InChI=1S/C17H24N2O3/c1-16(2,3)22-15(20)19-11-13-6-7-14(19)9-17(13,21)12-5-4-8-18-10-12/h4-5,8,10,13-14,21H,6-7,9,11H2,1-3H3. The van der Waals surface area contributed by atoms with Crippen LogP contribution in [0.1, 0.15) is 45.6 Å². The fourth-order valence-corrected chi connectivity index (χ4v) is 3.67. The van der Waals surface area contributed by atoms with E-state index in [9.17, 15) is 9.90 Å². The van der Waals surface area contributed by atoms with Gasteiger partial charge in [-0.1, -0.05) is 6.07 Å². The number of aliphatic hydroxyl groups is 1. The zero-order chi connectivity index (χ0) is 16.0. The Balaban J connectivity index is 1.78. The Morgan fingerprint density at radius 2 is 2.23 bits per heavy atom. The van der Waals surface area contributed by atoms with Gasteiger partial charge < -0.3 is 14.7 Å². The first-order valence-electron chi connectivity index (χ1n) is 7.92. The van der Waals surface area contributed by atoms with Crippen molar-refractivity contribution < 1.29 is 14.6 Å². The molecule has 3 unspecified atom stereocenters. The largest absolute Gasteiger partial charge is 0.444 e. The molecule has 1 N–H and O–H groups in total. The number of aromatic nitrogens is 1. The lowest BCUT2D eigenvalue weighted by Gasteiger charge is -2.53. The van der Waals surface area contributed by atoms with Crippen LogP contribution in [0.5, 0.6) is 0 Å². The molecule has 2 saturated heterocycles. The molecule has 5 nitrogen and oxygen atoms in total. The third-order valence-corrected chi connectivity index (χ3v) is 4.72. The summed E-state index contributed by atoms with van der Waals surface area (Å²) in [5.74, 6) is 0.0363. The van der Waals surface area contributed by atoms with Crippen molar-refractivity contribution in [2.45, 2.75) is 57.3 Å². The third-order valence-electron chi connectivity index (χ3n) is 4.72. The molecule has 1 saturated carbocycles. The number of ether oxygens (including phenoxy) is 1. The Labute approximate surface area is 131 Å². The van der Waals surface area contributed by atoms with Crippen molar-refractivity contribution in [3.63, 3.8) is 0 Å². The molecule has 3 aliphatic rings. The van der Waals surface area contributed by atoms with E-state index < -0.39 is 11.2 Å². The van der Waals surface area contributed by atoms with Gasteiger partial charge in [0.1, 0.15) is 5.60 Å². The monoisotopic (exact) mass is 304 g/mol. The van der Waals surface area contributed by atoms with Crippen molar-refractivity contribution in [3.8, 4) is 0 Å². The molecule has 3 heterocycles. The van der Waals surface area contributed by atoms with Gasteiger partial charge in [-0.3, -0.25) is 4.98 Å². The number of amides is 1. The van der Waals surface area contributed by atoms with Crippen LogP contribution in [0.25, 0.3) is 0 Å². The lowest BCUT2D eigenvalue weighted by atomic mass is 9.66. The second kappa shape index (κ2) is 5.23. The normalized spacial score (nSPS) is 31.2. The number of carbonyl (C=O) groups excluding carboxylic acids is 1. The lowest BCUT2D eigenvalue weighted by Crippen LogP contribution is -2.61.